The van der Waals surface area contributed by atoms with Crippen LogP contribution in [0.5, 0.6) is 0 Å². The van der Waals surface area contributed by atoms with Crippen LogP contribution in [0, 0.1) is 6.92 Å². The van der Waals surface area contributed by atoms with Crippen LogP contribution in [0.15, 0.2) is 54.7 Å². The van der Waals surface area contributed by atoms with Gasteiger partial charge in [-0.2, -0.15) is 0 Å². The van der Waals surface area contributed by atoms with Crippen LogP contribution >= 0.6 is 0 Å². The summed E-state index contributed by atoms with van der Waals surface area (Å²) in [5, 5.41) is 13.4. The Balaban J connectivity index is 1.75. The van der Waals surface area contributed by atoms with Crippen molar-refractivity contribution in [3.63, 3.8) is 0 Å². The van der Waals surface area contributed by atoms with Crippen LogP contribution in [-0.4, -0.2) is 33.4 Å². The maximum absolute atomic E-state index is 12.4. The summed E-state index contributed by atoms with van der Waals surface area (Å²) in [5.74, 6) is -0.578. The minimum Gasteiger partial charge on any atom is -0.352 e. The molecule has 0 saturated carbocycles. The van der Waals surface area contributed by atoms with Gasteiger partial charge in [-0.3, -0.25) is 9.59 Å². The van der Waals surface area contributed by atoms with Crippen molar-refractivity contribution in [3.05, 3.63) is 71.5 Å². The monoisotopic (exact) mass is 349 g/mol. The highest BCUT2D eigenvalue weighted by atomic mass is 16.2. The molecule has 0 atom stereocenters. The minimum absolute atomic E-state index is 0.186. The lowest BCUT2D eigenvalue weighted by molar-refractivity contribution is 0.0954. The van der Waals surface area contributed by atoms with Gasteiger partial charge in [0.05, 0.1) is 11.9 Å². The van der Waals surface area contributed by atoms with Crippen LogP contribution < -0.4 is 10.6 Å². The van der Waals surface area contributed by atoms with E-state index in [0.29, 0.717) is 17.8 Å². The number of aryl methyl sites for hydroxylation is 1. The minimum atomic E-state index is -0.392. The normalized spacial score (nSPS) is 10.4. The van der Waals surface area contributed by atoms with Crippen molar-refractivity contribution < 1.29 is 9.59 Å². The van der Waals surface area contributed by atoms with Gasteiger partial charge in [-0.15, -0.1) is 5.10 Å². The zero-order chi connectivity index (χ0) is 18.5. The van der Waals surface area contributed by atoms with E-state index in [1.807, 2.05) is 38.1 Å². The van der Waals surface area contributed by atoms with Crippen LogP contribution in [0.25, 0.3) is 5.69 Å². The molecular weight excluding hydrogens is 330 g/mol. The quantitative estimate of drug-likeness (QED) is 0.741. The third-order valence-electron chi connectivity index (χ3n) is 3.71. The van der Waals surface area contributed by atoms with Crippen molar-refractivity contribution in [2.24, 2.45) is 0 Å². The lowest BCUT2D eigenvalue weighted by atomic mass is 10.2. The van der Waals surface area contributed by atoms with E-state index in [4.69, 9.17) is 0 Å². The molecule has 1 aromatic heterocycles. The van der Waals surface area contributed by atoms with Gasteiger partial charge in [-0.05, 0) is 49.7 Å². The third kappa shape index (κ3) is 3.94. The third-order valence-corrected chi connectivity index (χ3v) is 3.71. The van der Waals surface area contributed by atoms with Crippen LogP contribution in [0.2, 0.25) is 0 Å². The Bertz CT molecular complexity index is 948. The largest absolute Gasteiger partial charge is 0.352 e. The van der Waals surface area contributed by atoms with Crippen LogP contribution in [0.4, 0.5) is 5.69 Å². The number of carbonyl (C=O) groups excluding carboxylic acids is 2. The number of hydrogen-bond donors (Lipinski definition) is 2. The van der Waals surface area contributed by atoms with Gasteiger partial charge in [0, 0.05) is 17.8 Å². The van der Waals surface area contributed by atoms with Crippen molar-refractivity contribution in [2.75, 3.05) is 11.9 Å². The summed E-state index contributed by atoms with van der Waals surface area (Å²) < 4.78 is 1.55. The second kappa shape index (κ2) is 7.60. The fraction of sp³-hybridized carbons (Fsp3) is 0.158. The first-order valence-corrected chi connectivity index (χ1v) is 8.26. The molecule has 2 aromatic carbocycles. The molecule has 0 saturated heterocycles. The molecule has 7 heteroatoms. The average Bonchev–Trinajstić information content (AvgIpc) is 3.12. The molecule has 0 aliphatic carbocycles. The van der Waals surface area contributed by atoms with Crippen LogP contribution in [0.3, 0.4) is 0 Å². The molecule has 0 radical (unpaired) electrons. The first-order valence-electron chi connectivity index (χ1n) is 8.26. The van der Waals surface area contributed by atoms with Crippen molar-refractivity contribution in [1.82, 2.24) is 20.3 Å². The van der Waals surface area contributed by atoms with E-state index < -0.39 is 5.91 Å². The highest BCUT2D eigenvalue weighted by molar-refractivity contribution is 6.03. The van der Waals surface area contributed by atoms with Crippen LogP contribution in [0.1, 0.15) is 33.3 Å². The van der Waals surface area contributed by atoms with Gasteiger partial charge < -0.3 is 10.6 Å². The molecule has 0 unspecified atom stereocenters. The fourth-order valence-corrected chi connectivity index (χ4v) is 2.46. The number of aromatic nitrogens is 3. The Labute approximate surface area is 151 Å². The van der Waals surface area contributed by atoms with Crippen molar-refractivity contribution >= 4 is 17.5 Å². The summed E-state index contributed by atoms with van der Waals surface area (Å²) in [7, 11) is 0. The highest BCUT2D eigenvalue weighted by Gasteiger charge is 2.13. The van der Waals surface area contributed by atoms with Crippen molar-refractivity contribution in [3.8, 4) is 5.69 Å². The van der Waals surface area contributed by atoms with Gasteiger partial charge in [0.1, 0.15) is 0 Å². The number of carbonyl (C=O) groups is 2. The van der Waals surface area contributed by atoms with E-state index >= 15 is 0 Å². The molecule has 3 rings (SSSR count). The molecule has 7 nitrogen and oxygen atoms in total. The van der Waals surface area contributed by atoms with E-state index in [0.717, 1.165) is 11.3 Å². The Hall–Kier alpha value is -3.48. The van der Waals surface area contributed by atoms with Gasteiger partial charge >= 0.3 is 0 Å². The molecule has 0 spiro atoms. The maximum atomic E-state index is 12.4. The van der Waals surface area contributed by atoms with Gasteiger partial charge in [0.15, 0.2) is 5.69 Å². The number of amides is 2. The lowest BCUT2D eigenvalue weighted by Crippen LogP contribution is -2.22. The predicted octanol–water partition coefficient (Wildman–Crippen LogP) is 2.58. The van der Waals surface area contributed by atoms with Gasteiger partial charge in [0.2, 0.25) is 0 Å². The summed E-state index contributed by atoms with van der Waals surface area (Å²) in [6, 6.07) is 14.5. The number of rotatable bonds is 5. The summed E-state index contributed by atoms with van der Waals surface area (Å²) in [4.78, 5) is 24.3. The molecule has 2 N–H and O–H groups in total. The Morgan fingerprint density at radius 2 is 1.88 bits per heavy atom. The molecule has 2 amide bonds. The second-order valence-corrected chi connectivity index (χ2v) is 5.78. The predicted molar refractivity (Wildman–Crippen MR) is 98.5 cm³/mol. The standard InChI is InChI=1S/C19H19N5O2/c1-3-20-18(25)14-7-5-8-15(11-14)21-19(26)17-12-24(23-22-17)16-9-4-6-13(2)10-16/h4-12H,3H2,1-2H3,(H,20,25)(H,21,26). The highest BCUT2D eigenvalue weighted by Crippen LogP contribution is 2.13. The van der Waals surface area contributed by atoms with E-state index in [1.165, 1.54) is 0 Å². The molecule has 0 aliphatic rings. The Kier molecular flexibility index (Phi) is 5.07. The van der Waals surface area contributed by atoms with Crippen molar-refractivity contribution in [1.29, 1.82) is 0 Å². The molecule has 132 valence electrons. The lowest BCUT2D eigenvalue weighted by Gasteiger charge is -2.06. The number of nitrogens with zero attached hydrogens (tertiary/aromatic N) is 3. The Morgan fingerprint density at radius 1 is 1.08 bits per heavy atom. The van der Waals surface area contributed by atoms with Crippen LogP contribution in [-0.2, 0) is 0 Å². The zero-order valence-corrected chi connectivity index (χ0v) is 14.6. The van der Waals surface area contributed by atoms with Gasteiger partial charge in [-0.25, -0.2) is 4.68 Å². The summed E-state index contributed by atoms with van der Waals surface area (Å²) in [6.07, 6.45) is 1.57. The number of hydrogen-bond acceptors (Lipinski definition) is 4. The topological polar surface area (TPSA) is 88.9 Å². The maximum Gasteiger partial charge on any atom is 0.277 e. The first kappa shape index (κ1) is 17.3. The van der Waals surface area contributed by atoms with Gasteiger partial charge in [0.25, 0.3) is 11.8 Å². The number of anilines is 1. The van der Waals surface area contributed by atoms with Crippen molar-refractivity contribution in [2.45, 2.75) is 13.8 Å². The fourth-order valence-electron chi connectivity index (χ4n) is 2.46. The smallest absolute Gasteiger partial charge is 0.277 e. The molecular formula is C19H19N5O2. The molecule has 0 bridgehead atoms. The van der Waals surface area contributed by atoms with E-state index in [9.17, 15) is 9.59 Å². The van der Waals surface area contributed by atoms with E-state index in [1.54, 1.807) is 35.1 Å². The molecule has 0 aliphatic heterocycles. The number of nitrogens with one attached hydrogen (secondary N) is 2. The summed E-state index contributed by atoms with van der Waals surface area (Å²) >= 11 is 0. The molecule has 0 fully saturated rings. The summed E-state index contributed by atoms with van der Waals surface area (Å²) in [5.41, 5.74) is 3.10. The molecule has 3 aromatic rings. The molecule has 1 heterocycles. The average molecular weight is 349 g/mol. The number of benzene rings is 2. The first-order chi connectivity index (χ1) is 12.6. The van der Waals surface area contributed by atoms with E-state index in [2.05, 4.69) is 20.9 Å². The second-order valence-electron chi connectivity index (χ2n) is 5.78. The summed E-state index contributed by atoms with van der Waals surface area (Å²) in [6.45, 7) is 4.37. The Morgan fingerprint density at radius 3 is 2.65 bits per heavy atom. The van der Waals surface area contributed by atoms with Gasteiger partial charge in [-0.1, -0.05) is 23.4 Å². The van der Waals surface area contributed by atoms with E-state index in [-0.39, 0.29) is 11.6 Å². The zero-order valence-electron chi connectivity index (χ0n) is 14.6. The molecule has 26 heavy (non-hydrogen) atoms. The SMILES string of the molecule is CCNC(=O)c1cccc(NC(=O)c2cn(-c3cccc(C)c3)nn2)c1.